The summed E-state index contributed by atoms with van der Waals surface area (Å²) in [4.78, 5) is 11.1. The molecule has 3 heteroatoms. The van der Waals surface area contributed by atoms with E-state index in [0.717, 1.165) is 17.5 Å². The Hall–Kier alpha value is -1.35. The second-order valence-electron chi connectivity index (χ2n) is 3.59. The lowest BCUT2D eigenvalue weighted by Gasteiger charge is -2.32. The predicted molar refractivity (Wildman–Crippen MR) is 51.1 cm³/mol. The van der Waals surface area contributed by atoms with E-state index in [2.05, 4.69) is 0 Å². The van der Waals surface area contributed by atoms with Crippen molar-refractivity contribution >= 4 is 5.97 Å². The molecule has 0 spiro atoms. The van der Waals surface area contributed by atoms with Crippen molar-refractivity contribution in [2.45, 2.75) is 18.9 Å². The van der Waals surface area contributed by atoms with Gasteiger partial charge in [0.15, 0.2) is 5.60 Å². The summed E-state index contributed by atoms with van der Waals surface area (Å²) in [6.45, 7) is 2.08. The summed E-state index contributed by atoms with van der Waals surface area (Å²) in [5, 5.41) is 9.12. The number of rotatable bonds is 1. The highest BCUT2D eigenvalue weighted by Crippen LogP contribution is 2.32. The lowest BCUT2D eigenvalue weighted by atomic mass is 9.88. The molecule has 1 aromatic rings. The minimum atomic E-state index is -1.17. The summed E-state index contributed by atoms with van der Waals surface area (Å²) in [7, 11) is 0. The molecule has 14 heavy (non-hydrogen) atoms. The fourth-order valence-corrected chi connectivity index (χ4v) is 1.82. The molecule has 0 saturated heterocycles. The number of aliphatic carboxylic acids is 1. The fourth-order valence-electron chi connectivity index (χ4n) is 1.82. The van der Waals surface area contributed by atoms with Gasteiger partial charge in [-0.05, 0) is 24.5 Å². The first-order valence-electron chi connectivity index (χ1n) is 4.60. The number of carbonyl (C=O) groups is 1. The quantitative estimate of drug-likeness (QED) is 0.734. The maximum absolute atomic E-state index is 11.1. The van der Waals surface area contributed by atoms with Gasteiger partial charge >= 0.3 is 5.97 Å². The van der Waals surface area contributed by atoms with Crippen LogP contribution in [0.15, 0.2) is 24.3 Å². The molecule has 0 saturated carbocycles. The Labute approximate surface area is 82.3 Å². The maximum Gasteiger partial charge on any atom is 0.340 e. The van der Waals surface area contributed by atoms with Crippen LogP contribution in [-0.4, -0.2) is 17.7 Å². The van der Waals surface area contributed by atoms with E-state index in [9.17, 15) is 4.79 Å². The van der Waals surface area contributed by atoms with Crippen molar-refractivity contribution in [3.05, 3.63) is 35.4 Å². The van der Waals surface area contributed by atoms with Crippen LogP contribution < -0.4 is 0 Å². The van der Waals surface area contributed by atoms with Crippen LogP contribution in [0.4, 0.5) is 0 Å². The van der Waals surface area contributed by atoms with Crippen molar-refractivity contribution < 1.29 is 14.6 Å². The monoisotopic (exact) mass is 192 g/mol. The molecule has 1 atom stereocenters. The zero-order chi connectivity index (χ0) is 10.2. The Morgan fingerprint density at radius 2 is 2.21 bits per heavy atom. The lowest BCUT2D eigenvalue weighted by molar-refractivity contribution is -0.166. The molecular formula is C11H12O3. The van der Waals surface area contributed by atoms with Crippen LogP contribution >= 0.6 is 0 Å². The van der Waals surface area contributed by atoms with Gasteiger partial charge < -0.3 is 9.84 Å². The van der Waals surface area contributed by atoms with Crippen LogP contribution in [0.2, 0.25) is 0 Å². The molecule has 2 rings (SSSR count). The Morgan fingerprint density at radius 3 is 2.93 bits per heavy atom. The van der Waals surface area contributed by atoms with Crippen LogP contribution in [0.3, 0.4) is 0 Å². The molecule has 0 amide bonds. The van der Waals surface area contributed by atoms with Gasteiger partial charge in [0.2, 0.25) is 0 Å². The van der Waals surface area contributed by atoms with E-state index in [1.807, 2.05) is 24.3 Å². The third-order valence-corrected chi connectivity index (χ3v) is 2.70. The first-order valence-corrected chi connectivity index (χ1v) is 4.60. The summed E-state index contributed by atoms with van der Waals surface area (Å²) in [5.41, 5.74) is 0.678. The number of hydrogen-bond donors (Lipinski definition) is 1. The van der Waals surface area contributed by atoms with Crippen LogP contribution in [0.5, 0.6) is 0 Å². The highest BCUT2D eigenvalue weighted by atomic mass is 16.5. The number of ether oxygens (including phenoxy) is 1. The predicted octanol–water partition coefficient (Wildman–Crippen LogP) is 1.56. The maximum atomic E-state index is 11.1. The minimum absolute atomic E-state index is 0.472. The van der Waals surface area contributed by atoms with Crippen molar-refractivity contribution in [2.75, 3.05) is 6.61 Å². The second kappa shape index (κ2) is 3.10. The third-order valence-electron chi connectivity index (χ3n) is 2.70. The molecule has 0 aromatic heterocycles. The van der Waals surface area contributed by atoms with E-state index < -0.39 is 11.6 Å². The number of hydrogen-bond acceptors (Lipinski definition) is 2. The van der Waals surface area contributed by atoms with Crippen molar-refractivity contribution in [3.63, 3.8) is 0 Å². The van der Waals surface area contributed by atoms with Gasteiger partial charge in [0, 0.05) is 0 Å². The van der Waals surface area contributed by atoms with Gasteiger partial charge in [-0.25, -0.2) is 4.79 Å². The minimum Gasteiger partial charge on any atom is -0.479 e. The first kappa shape index (κ1) is 9.21. The Morgan fingerprint density at radius 1 is 1.50 bits per heavy atom. The largest absolute Gasteiger partial charge is 0.479 e. The van der Waals surface area contributed by atoms with E-state index in [1.165, 1.54) is 0 Å². The zero-order valence-corrected chi connectivity index (χ0v) is 7.99. The molecule has 0 bridgehead atoms. The van der Waals surface area contributed by atoms with Gasteiger partial charge in [0.25, 0.3) is 0 Å². The van der Waals surface area contributed by atoms with Crippen LogP contribution in [0.25, 0.3) is 0 Å². The third kappa shape index (κ3) is 1.21. The van der Waals surface area contributed by atoms with Crippen molar-refractivity contribution in [1.82, 2.24) is 0 Å². The molecule has 0 radical (unpaired) electrons. The SMILES string of the molecule is CC1(C(=O)O)OCCc2ccccc21. The van der Waals surface area contributed by atoms with Crippen molar-refractivity contribution in [1.29, 1.82) is 0 Å². The zero-order valence-electron chi connectivity index (χ0n) is 7.99. The molecular weight excluding hydrogens is 180 g/mol. The molecule has 0 aliphatic carbocycles. The molecule has 1 heterocycles. The van der Waals surface area contributed by atoms with Crippen LogP contribution in [0, 0.1) is 0 Å². The number of carboxylic acid groups (broad SMARTS) is 1. The van der Waals surface area contributed by atoms with Gasteiger partial charge in [0.1, 0.15) is 0 Å². The van der Waals surface area contributed by atoms with Crippen LogP contribution in [-0.2, 0) is 21.6 Å². The molecule has 1 aromatic carbocycles. The molecule has 1 aliphatic heterocycles. The van der Waals surface area contributed by atoms with Crippen molar-refractivity contribution in [2.24, 2.45) is 0 Å². The molecule has 0 fully saturated rings. The van der Waals surface area contributed by atoms with Crippen LogP contribution in [0.1, 0.15) is 18.1 Å². The first-order chi connectivity index (χ1) is 6.64. The van der Waals surface area contributed by atoms with E-state index in [4.69, 9.17) is 9.84 Å². The van der Waals surface area contributed by atoms with E-state index in [-0.39, 0.29) is 0 Å². The highest BCUT2D eigenvalue weighted by molar-refractivity contribution is 5.79. The summed E-state index contributed by atoms with van der Waals surface area (Å²) in [6.07, 6.45) is 0.791. The lowest BCUT2D eigenvalue weighted by Crippen LogP contribution is -2.40. The average Bonchev–Trinajstić information content (AvgIpc) is 2.18. The summed E-state index contributed by atoms with van der Waals surface area (Å²) in [5.74, 6) is -0.926. The molecule has 1 aliphatic rings. The normalized spacial score (nSPS) is 25.5. The van der Waals surface area contributed by atoms with Gasteiger partial charge in [0.05, 0.1) is 6.61 Å². The van der Waals surface area contributed by atoms with Gasteiger partial charge in [-0.2, -0.15) is 0 Å². The molecule has 1 unspecified atom stereocenters. The highest BCUT2D eigenvalue weighted by Gasteiger charge is 2.40. The van der Waals surface area contributed by atoms with Gasteiger partial charge in [-0.3, -0.25) is 0 Å². The smallest absolute Gasteiger partial charge is 0.340 e. The van der Waals surface area contributed by atoms with E-state index in [0.29, 0.717) is 6.61 Å². The number of carboxylic acids is 1. The molecule has 74 valence electrons. The van der Waals surface area contributed by atoms with Crippen molar-refractivity contribution in [3.8, 4) is 0 Å². The summed E-state index contributed by atoms with van der Waals surface area (Å²) >= 11 is 0. The van der Waals surface area contributed by atoms with E-state index >= 15 is 0 Å². The summed E-state index contributed by atoms with van der Waals surface area (Å²) < 4.78 is 5.35. The molecule has 3 nitrogen and oxygen atoms in total. The number of benzene rings is 1. The topological polar surface area (TPSA) is 46.5 Å². The second-order valence-corrected chi connectivity index (χ2v) is 3.59. The number of fused-ring (bicyclic) bond motifs is 1. The van der Waals surface area contributed by atoms with E-state index in [1.54, 1.807) is 6.92 Å². The molecule has 1 N–H and O–H groups in total. The van der Waals surface area contributed by atoms with Gasteiger partial charge in [-0.1, -0.05) is 24.3 Å². The Bertz CT molecular complexity index is 373. The average molecular weight is 192 g/mol. The summed E-state index contributed by atoms with van der Waals surface area (Å²) in [6, 6.07) is 7.54. The Balaban J connectivity index is 2.55. The van der Waals surface area contributed by atoms with Gasteiger partial charge in [-0.15, -0.1) is 0 Å². The standard InChI is InChI=1S/C11H12O3/c1-11(10(12)13)9-5-3-2-4-8(9)6-7-14-11/h2-5H,6-7H2,1H3,(H,12,13). The fraction of sp³-hybridized carbons (Fsp3) is 0.364. The Kier molecular flexibility index (Phi) is 2.04.